The van der Waals surface area contributed by atoms with E-state index in [4.69, 9.17) is 15.9 Å². The molecular weight excluding hydrogens is 248 g/mol. The first-order valence-corrected chi connectivity index (χ1v) is 6.02. The lowest BCUT2D eigenvalue weighted by Gasteiger charge is -2.08. The molecule has 0 bridgehead atoms. The van der Waals surface area contributed by atoms with Crippen LogP contribution in [0.1, 0.15) is 22.3 Å². The summed E-state index contributed by atoms with van der Waals surface area (Å²) >= 11 is 0. The first kappa shape index (κ1) is 15.1. The van der Waals surface area contributed by atoms with E-state index in [9.17, 15) is 9.59 Å². The minimum Gasteiger partial charge on any atom is -0.479 e. The van der Waals surface area contributed by atoms with E-state index in [-0.39, 0.29) is 18.9 Å². The van der Waals surface area contributed by atoms with E-state index in [2.05, 4.69) is 5.32 Å². The van der Waals surface area contributed by atoms with Crippen LogP contribution in [0.2, 0.25) is 0 Å². The van der Waals surface area contributed by atoms with Gasteiger partial charge >= 0.3 is 5.97 Å². The molecule has 0 radical (unpaired) electrons. The normalized spacial score (nSPS) is 11.9. The molecule has 0 aliphatic rings. The van der Waals surface area contributed by atoms with Gasteiger partial charge in [-0.25, -0.2) is 4.79 Å². The molecule has 0 aromatic heterocycles. The number of rotatable bonds is 7. The summed E-state index contributed by atoms with van der Waals surface area (Å²) in [7, 11) is 0. The molecule has 6 heteroatoms. The molecule has 0 aliphatic heterocycles. The van der Waals surface area contributed by atoms with E-state index in [1.54, 1.807) is 12.1 Å². The van der Waals surface area contributed by atoms with Gasteiger partial charge in [0.1, 0.15) is 0 Å². The molecule has 0 saturated heterocycles. The Balaban J connectivity index is 2.43. The minimum absolute atomic E-state index is 0.0215. The average molecular weight is 266 g/mol. The van der Waals surface area contributed by atoms with Crippen LogP contribution in [0.5, 0.6) is 0 Å². The Morgan fingerprint density at radius 1 is 1.26 bits per heavy atom. The van der Waals surface area contributed by atoms with Gasteiger partial charge in [-0.1, -0.05) is 12.1 Å². The molecule has 1 aromatic rings. The Labute approximate surface area is 111 Å². The van der Waals surface area contributed by atoms with Crippen molar-refractivity contribution in [2.45, 2.75) is 18.9 Å². The molecule has 1 amide bonds. The Morgan fingerprint density at radius 2 is 1.89 bits per heavy atom. The standard InChI is InChI=1S/C13H18N2O4/c14-7-5-9-1-3-10(4-2-9)12(17)15-8-6-11(16)13(18)19/h1-4,11,16H,5-8,14H2,(H,15,17)(H,18,19)/t11-/m0/s1. The molecule has 5 N–H and O–H groups in total. The molecule has 0 fully saturated rings. The van der Waals surface area contributed by atoms with Crippen LogP contribution in [-0.2, 0) is 11.2 Å². The second-order valence-electron chi connectivity index (χ2n) is 4.13. The third kappa shape index (κ3) is 5.07. The number of aliphatic hydroxyl groups is 1. The maximum absolute atomic E-state index is 11.7. The van der Waals surface area contributed by atoms with Crippen molar-refractivity contribution in [3.05, 3.63) is 35.4 Å². The second kappa shape index (κ2) is 7.50. The molecule has 1 rings (SSSR count). The van der Waals surface area contributed by atoms with Crippen molar-refractivity contribution in [1.82, 2.24) is 5.32 Å². The minimum atomic E-state index is -1.45. The van der Waals surface area contributed by atoms with Crippen LogP contribution in [0.15, 0.2) is 24.3 Å². The highest BCUT2D eigenvalue weighted by atomic mass is 16.4. The van der Waals surface area contributed by atoms with Crippen molar-refractivity contribution in [1.29, 1.82) is 0 Å². The van der Waals surface area contributed by atoms with Gasteiger partial charge in [0.25, 0.3) is 5.91 Å². The lowest BCUT2D eigenvalue weighted by Crippen LogP contribution is -2.30. The molecule has 6 nitrogen and oxygen atoms in total. The SMILES string of the molecule is NCCc1ccc(C(=O)NCC[C@H](O)C(=O)O)cc1. The Hall–Kier alpha value is -1.92. The number of aliphatic hydroxyl groups excluding tert-OH is 1. The zero-order valence-electron chi connectivity index (χ0n) is 10.5. The number of amides is 1. The number of nitrogens with one attached hydrogen (secondary N) is 1. The van der Waals surface area contributed by atoms with Gasteiger partial charge in [-0.2, -0.15) is 0 Å². The predicted molar refractivity (Wildman–Crippen MR) is 69.8 cm³/mol. The smallest absolute Gasteiger partial charge is 0.332 e. The highest BCUT2D eigenvalue weighted by molar-refractivity contribution is 5.94. The van der Waals surface area contributed by atoms with E-state index < -0.39 is 12.1 Å². The van der Waals surface area contributed by atoms with Crippen molar-refractivity contribution in [3.8, 4) is 0 Å². The first-order chi connectivity index (χ1) is 9.04. The van der Waals surface area contributed by atoms with Crippen molar-refractivity contribution < 1.29 is 19.8 Å². The topological polar surface area (TPSA) is 113 Å². The number of benzene rings is 1. The summed E-state index contributed by atoms with van der Waals surface area (Å²) in [6.45, 7) is 0.662. The number of carboxylic acid groups (broad SMARTS) is 1. The highest BCUT2D eigenvalue weighted by Gasteiger charge is 2.13. The Kier molecular flexibility index (Phi) is 5.98. The fourth-order valence-corrected chi connectivity index (χ4v) is 1.54. The first-order valence-electron chi connectivity index (χ1n) is 6.02. The number of hydrogen-bond donors (Lipinski definition) is 4. The van der Waals surface area contributed by atoms with Gasteiger partial charge in [-0.05, 0) is 30.7 Å². The monoisotopic (exact) mass is 266 g/mol. The van der Waals surface area contributed by atoms with Gasteiger partial charge in [-0.15, -0.1) is 0 Å². The van der Waals surface area contributed by atoms with Gasteiger partial charge in [0.05, 0.1) is 0 Å². The van der Waals surface area contributed by atoms with Crippen LogP contribution in [0.3, 0.4) is 0 Å². The number of hydrogen-bond acceptors (Lipinski definition) is 4. The molecule has 19 heavy (non-hydrogen) atoms. The molecule has 1 atom stereocenters. The van der Waals surface area contributed by atoms with Crippen molar-refractivity contribution in [3.63, 3.8) is 0 Å². The summed E-state index contributed by atoms with van der Waals surface area (Å²) in [5, 5.41) is 20.1. The van der Waals surface area contributed by atoms with Crippen LogP contribution in [-0.4, -0.2) is 41.3 Å². The maximum atomic E-state index is 11.7. The molecule has 0 unspecified atom stereocenters. The summed E-state index contributed by atoms with van der Waals surface area (Å²) in [6, 6.07) is 7.03. The largest absolute Gasteiger partial charge is 0.479 e. The summed E-state index contributed by atoms with van der Waals surface area (Å²) in [4.78, 5) is 22.1. The molecule has 0 heterocycles. The number of carbonyl (C=O) groups excluding carboxylic acids is 1. The van der Waals surface area contributed by atoms with E-state index >= 15 is 0 Å². The van der Waals surface area contributed by atoms with Gasteiger partial charge in [0, 0.05) is 18.5 Å². The number of carboxylic acids is 1. The van der Waals surface area contributed by atoms with Crippen LogP contribution < -0.4 is 11.1 Å². The zero-order chi connectivity index (χ0) is 14.3. The van der Waals surface area contributed by atoms with Crippen LogP contribution in [0, 0.1) is 0 Å². The number of carbonyl (C=O) groups is 2. The summed E-state index contributed by atoms with van der Waals surface area (Å²) in [5.74, 6) is -1.59. The van der Waals surface area contributed by atoms with E-state index in [0.717, 1.165) is 12.0 Å². The quantitative estimate of drug-likeness (QED) is 0.544. The molecule has 1 aromatic carbocycles. The fourth-order valence-electron chi connectivity index (χ4n) is 1.54. The van der Waals surface area contributed by atoms with Crippen molar-refractivity contribution in [2.75, 3.05) is 13.1 Å². The van der Waals surface area contributed by atoms with Crippen LogP contribution in [0.25, 0.3) is 0 Å². The molecule has 0 spiro atoms. The van der Waals surface area contributed by atoms with Crippen LogP contribution >= 0.6 is 0 Å². The molecule has 0 aliphatic carbocycles. The van der Waals surface area contributed by atoms with E-state index in [1.165, 1.54) is 0 Å². The van der Waals surface area contributed by atoms with Gasteiger partial charge in [-0.3, -0.25) is 4.79 Å². The van der Waals surface area contributed by atoms with E-state index in [0.29, 0.717) is 12.1 Å². The highest BCUT2D eigenvalue weighted by Crippen LogP contribution is 2.04. The second-order valence-corrected chi connectivity index (χ2v) is 4.13. The van der Waals surface area contributed by atoms with E-state index in [1.807, 2.05) is 12.1 Å². The molecule has 0 saturated carbocycles. The number of aliphatic carboxylic acids is 1. The third-order valence-electron chi connectivity index (χ3n) is 2.64. The molecule has 104 valence electrons. The number of nitrogens with two attached hydrogens (primary N) is 1. The van der Waals surface area contributed by atoms with Gasteiger partial charge < -0.3 is 21.3 Å². The Morgan fingerprint density at radius 3 is 2.42 bits per heavy atom. The summed E-state index contributed by atoms with van der Waals surface area (Å²) in [6.07, 6.45) is -0.716. The maximum Gasteiger partial charge on any atom is 0.332 e. The fraction of sp³-hybridized carbons (Fsp3) is 0.385. The summed E-state index contributed by atoms with van der Waals surface area (Å²) < 4.78 is 0. The van der Waals surface area contributed by atoms with Crippen molar-refractivity contribution in [2.24, 2.45) is 5.73 Å². The van der Waals surface area contributed by atoms with Crippen LogP contribution in [0.4, 0.5) is 0 Å². The zero-order valence-corrected chi connectivity index (χ0v) is 10.5. The Bertz CT molecular complexity index is 431. The van der Waals surface area contributed by atoms with Crippen molar-refractivity contribution >= 4 is 11.9 Å². The summed E-state index contributed by atoms with van der Waals surface area (Å²) in [5.41, 5.74) is 6.97. The predicted octanol–water partition coefficient (Wildman–Crippen LogP) is -0.247. The third-order valence-corrected chi connectivity index (χ3v) is 2.64. The van der Waals surface area contributed by atoms with Gasteiger partial charge in [0.2, 0.25) is 0 Å². The molecular formula is C13H18N2O4. The lowest BCUT2D eigenvalue weighted by atomic mass is 10.1. The average Bonchev–Trinajstić information content (AvgIpc) is 2.39. The van der Waals surface area contributed by atoms with Gasteiger partial charge in [0.15, 0.2) is 6.10 Å². The lowest BCUT2D eigenvalue weighted by molar-refractivity contribution is -0.146.